The zero-order chi connectivity index (χ0) is 5.11. The van der Waals surface area contributed by atoms with Crippen LogP contribution in [-0.4, -0.2) is 7.11 Å². The van der Waals surface area contributed by atoms with E-state index in [0.717, 1.165) is 5.76 Å². The largest absolute Gasteiger partial charge is 0.499 e. The summed E-state index contributed by atoms with van der Waals surface area (Å²) < 4.78 is 7.73. The molecular weight excluding hydrogens is 110 g/mol. The summed E-state index contributed by atoms with van der Waals surface area (Å²) >= 11 is 1.51. The highest BCUT2D eigenvalue weighted by Gasteiger charge is 2.01. The highest BCUT2D eigenvalue weighted by molar-refractivity contribution is 8.00. The standard InChI is InChI=1S/C4H6NOS/c1-6-4-2-5-7-3-4/h2-3,5H,1H3. The number of nitrogens with one attached hydrogen (secondary N) is 1. The predicted octanol–water partition coefficient (Wildman–Crippen LogP) is 0.887. The van der Waals surface area contributed by atoms with Gasteiger partial charge in [-0.15, -0.1) is 0 Å². The molecule has 0 aromatic heterocycles. The zero-order valence-electron chi connectivity index (χ0n) is 3.97. The van der Waals surface area contributed by atoms with Crippen LogP contribution in [0.4, 0.5) is 0 Å². The Morgan fingerprint density at radius 3 is 3.00 bits per heavy atom. The van der Waals surface area contributed by atoms with Crippen LogP contribution in [0.25, 0.3) is 0 Å². The maximum Gasteiger partial charge on any atom is 0.123 e. The van der Waals surface area contributed by atoms with Gasteiger partial charge in [0.1, 0.15) is 5.76 Å². The highest BCUT2D eigenvalue weighted by atomic mass is 32.2. The fourth-order valence-corrected chi connectivity index (χ4v) is 0.858. The quantitative estimate of drug-likeness (QED) is 0.514. The van der Waals surface area contributed by atoms with Crippen LogP contribution in [0.15, 0.2) is 11.2 Å². The summed E-state index contributed by atoms with van der Waals surface area (Å²) in [5, 5.41) is 1.90. The maximum absolute atomic E-state index is 4.83. The third-order valence-corrected chi connectivity index (χ3v) is 1.28. The molecule has 1 N–H and O–H groups in total. The third-order valence-electron chi connectivity index (χ3n) is 0.680. The van der Waals surface area contributed by atoms with Crippen LogP contribution in [-0.2, 0) is 4.74 Å². The molecule has 0 fully saturated rings. The van der Waals surface area contributed by atoms with Gasteiger partial charge in [0.2, 0.25) is 0 Å². The number of hydrogen-bond acceptors (Lipinski definition) is 3. The van der Waals surface area contributed by atoms with E-state index in [4.69, 9.17) is 4.74 Å². The van der Waals surface area contributed by atoms with Gasteiger partial charge in [0, 0.05) is 5.41 Å². The average Bonchev–Trinajstić information content (AvgIpc) is 2.14. The first-order chi connectivity index (χ1) is 3.43. The molecule has 0 aliphatic carbocycles. The lowest BCUT2D eigenvalue weighted by molar-refractivity contribution is 0.300. The molecule has 0 aromatic rings. The molecule has 1 aliphatic rings. The van der Waals surface area contributed by atoms with Crippen LogP contribution in [0, 0.1) is 6.54 Å². The fraction of sp³-hybridized carbons (Fsp3) is 0.250. The lowest BCUT2D eigenvalue weighted by Crippen LogP contribution is -1.92. The number of hydrogen-bond donors (Lipinski definition) is 1. The fourth-order valence-electron chi connectivity index (χ4n) is 0.325. The molecule has 0 aromatic carbocycles. The second kappa shape index (κ2) is 2.23. The second-order valence-electron chi connectivity index (χ2n) is 1.10. The third kappa shape index (κ3) is 1.11. The second-order valence-corrected chi connectivity index (χ2v) is 1.81. The topological polar surface area (TPSA) is 21.3 Å². The molecule has 1 heterocycles. The number of ether oxygens (including phenoxy) is 1. The van der Waals surface area contributed by atoms with Crippen LogP contribution in [0.2, 0.25) is 0 Å². The van der Waals surface area contributed by atoms with Crippen molar-refractivity contribution in [2.45, 2.75) is 0 Å². The van der Waals surface area contributed by atoms with Gasteiger partial charge in [-0.25, -0.2) is 4.72 Å². The summed E-state index contributed by atoms with van der Waals surface area (Å²) in [7, 11) is 1.65. The van der Waals surface area contributed by atoms with Crippen LogP contribution in [0.1, 0.15) is 0 Å². The monoisotopic (exact) mass is 116 g/mol. The van der Waals surface area contributed by atoms with Gasteiger partial charge in [0.15, 0.2) is 0 Å². The molecule has 0 saturated heterocycles. The minimum atomic E-state index is 0.894. The lowest BCUT2D eigenvalue weighted by Gasteiger charge is -1.92. The van der Waals surface area contributed by atoms with Crippen molar-refractivity contribution in [2.24, 2.45) is 0 Å². The molecule has 3 heteroatoms. The zero-order valence-corrected chi connectivity index (χ0v) is 4.79. The Bertz CT molecular complexity index is 91.7. The maximum atomic E-state index is 4.83. The number of methoxy groups -OCH3 is 1. The van der Waals surface area contributed by atoms with E-state index in [0.29, 0.717) is 0 Å². The smallest absolute Gasteiger partial charge is 0.123 e. The first-order valence-electron chi connectivity index (χ1n) is 1.92. The summed E-state index contributed by atoms with van der Waals surface area (Å²) in [4.78, 5) is 0. The van der Waals surface area contributed by atoms with Crippen molar-refractivity contribution in [1.82, 2.24) is 4.72 Å². The summed E-state index contributed by atoms with van der Waals surface area (Å²) in [6.07, 6.45) is 0. The summed E-state index contributed by atoms with van der Waals surface area (Å²) in [5.41, 5.74) is 0. The number of rotatable bonds is 1. The minimum Gasteiger partial charge on any atom is -0.499 e. The van der Waals surface area contributed by atoms with Gasteiger partial charge >= 0.3 is 0 Å². The molecule has 0 amide bonds. The van der Waals surface area contributed by atoms with E-state index in [-0.39, 0.29) is 0 Å². The van der Waals surface area contributed by atoms with Crippen molar-refractivity contribution in [1.29, 1.82) is 0 Å². The molecule has 0 bridgehead atoms. The lowest BCUT2D eigenvalue weighted by atomic mass is 10.6. The van der Waals surface area contributed by atoms with Crippen molar-refractivity contribution in [2.75, 3.05) is 7.11 Å². The predicted molar refractivity (Wildman–Crippen MR) is 30.1 cm³/mol. The van der Waals surface area contributed by atoms with E-state index in [1.54, 1.807) is 7.11 Å². The van der Waals surface area contributed by atoms with Crippen molar-refractivity contribution >= 4 is 11.9 Å². The van der Waals surface area contributed by atoms with Gasteiger partial charge in [-0.2, -0.15) is 0 Å². The minimum absolute atomic E-state index is 0.894. The van der Waals surface area contributed by atoms with Gasteiger partial charge in [-0.1, -0.05) is 0 Å². The van der Waals surface area contributed by atoms with E-state index in [2.05, 4.69) is 4.72 Å². The van der Waals surface area contributed by atoms with Gasteiger partial charge in [-0.3, -0.25) is 0 Å². The van der Waals surface area contributed by atoms with Crippen molar-refractivity contribution < 1.29 is 4.74 Å². The van der Waals surface area contributed by atoms with E-state index in [9.17, 15) is 0 Å². The first-order valence-corrected chi connectivity index (χ1v) is 2.80. The van der Waals surface area contributed by atoms with Gasteiger partial charge in [0.25, 0.3) is 0 Å². The van der Waals surface area contributed by atoms with E-state index >= 15 is 0 Å². The van der Waals surface area contributed by atoms with Crippen LogP contribution < -0.4 is 4.72 Å². The Hall–Kier alpha value is -0.150. The van der Waals surface area contributed by atoms with E-state index in [1.807, 2.05) is 12.0 Å². The Morgan fingerprint density at radius 2 is 2.71 bits per heavy atom. The highest BCUT2D eigenvalue weighted by Crippen LogP contribution is 2.14. The Morgan fingerprint density at radius 1 is 1.86 bits per heavy atom. The van der Waals surface area contributed by atoms with Crippen LogP contribution in [0.3, 0.4) is 0 Å². The molecule has 0 spiro atoms. The molecule has 1 radical (unpaired) electrons. The molecule has 0 saturated carbocycles. The molecule has 1 rings (SSSR count). The van der Waals surface area contributed by atoms with Crippen LogP contribution in [0.5, 0.6) is 0 Å². The molecule has 2 nitrogen and oxygen atoms in total. The van der Waals surface area contributed by atoms with Crippen molar-refractivity contribution in [3.63, 3.8) is 0 Å². The van der Waals surface area contributed by atoms with Crippen molar-refractivity contribution in [3.8, 4) is 0 Å². The van der Waals surface area contributed by atoms with Gasteiger partial charge in [0.05, 0.1) is 13.7 Å². The molecule has 1 aliphatic heterocycles. The molecule has 0 atom stereocenters. The first kappa shape index (κ1) is 5.00. The van der Waals surface area contributed by atoms with Crippen molar-refractivity contribution in [3.05, 3.63) is 17.7 Å². The summed E-state index contributed by atoms with van der Waals surface area (Å²) in [6.45, 7) is 1.81. The Labute approximate surface area is 47.1 Å². The summed E-state index contributed by atoms with van der Waals surface area (Å²) in [6, 6.07) is 0. The van der Waals surface area contributed by atoms with Gasteiger partial charge < -0.3 is 4.74 Å². The molecular formula is C4H6NOS. The van der Waals surface area contributed by atoms with Crippen LogP contribution >= 0.6 is 11.9 Å². The Kier molecular flexibility index (Phi) is 1.59. The van der Waals surface area contributed by atoms with E-state index in [1.165, 1.54) is 11.9 Å². The normalized spacial score (nSPS) is 19.3. The van der Waals surface area contributed by atoms with E-state index < -0.39 is 0 Å². The average molecular weight is 116 g/mol. The molecule has 39 valence electrons. The summed E-state index contributed by atoms with van der Waals surface area (Å²) in [5.74, 6) is 0.894. The molecule has 7 heavy (non-hydrogen) atoms. The molecule has 0 unspecified atom stereocenters. The van der Waals surface area contributed by atoms with Gasteiger partial charge in [-0.05, 0) is 11.9 Å². The Balaban J connectivity index is 2.36. The SMILES string of the molecule is COC1=CSN[CH]1.